The van der Waals surface area contributed by atoms with E-state index in [1.165, 1.54) is 65.1 Å². The molecule has 3 heterocycles. The molecular formula is C56H34N4. The van der Waals surface area contributed by atoms with Gasteiger partial charge in [-0.25, -0.2) is 9.97 Å². The third kappa shape index (κ3) is 4.85. The van der Waals surface area contributed by atoms with Crippen LogP contribution in [0.2, 0.25) is 0 Å². The highest BCUT2D eigenvalue weighted by molar-refractivity contribution is 6.23. The molecule has 60 heavy (non-hydrogen) atoms. The molecule has 0 saturated heterocycles. The second-order valence-electron chi connectivity index (χ2n) is 15.8. The summed E-state index contributed by atoms with van der Waals surface area (Å²) in [7, 11) is 0. The van der Waals surface area contributed by atoms with E-state index in [0.717, 1.165) is 55.8 Å². The van der Waals surface area contributed by atoms with E-state index >= 15 is 0 Å². The molecule has 13 aromatic rings. The van der Waals surface area contributed by atoms with Crippen molar-refractivity contribution in [3.8, 4) is 33.9 Å². The predicted molar refractivity (Wildman–Crippen MR) is 252 cm³/mol. The van der Waals surface area contributed by atoms with Crippen LogP contribution in [-0.4, -0.2) is 19.1 Å². The van der Waals surface area contributed by atoms with Gasteiger partial charge in [-0.3, -0.25) is 4.57 Å². The van der Waals surface area contributed by atoms with Crippen LogP contribution in [0.4, 0.5) is 0 Å². The summed E-state index contributed by atoms with van der Waals surface area (Å²) < 4.78 is 4.78. The van der Waals surface area contributed by atoms with Gasteiger partial charge in [-0.15, -0.1) is 0 Å². The van der Waals surface area contributed by atoms with Crippen molar-refractivity contribution in [1.29, 1.82) is 0 Å². The Balaban J connectivity index is 1.10. The Kier molecular flexibility index (Phi) is 6.98. The van der Waals surface area contributed by atoms with Crippen LogP contribution in [0.25, 0.3) is 121 Å². The van der Waals surface area contributed by atoms with Gasteiger partial charge >= 0.3 is 0 Å². The molecule has 0 bridgehead atoms. The van der Waals surface area contributed by atoms with Crippen LogP contribution < -0.4 is 0 Å². The van der Waals surface area contributed by atoms with Crippen molar-refractivity contribution < 1.29 is 0 Å². The minimum Gasteiger partial charge on any atom is -0.309 e. The Morgan fingerprint density at radius 3 is 1.63 bits per heavy atom. The first kappa shape index (κ1) is 32.9. The van der Waals surface area contributed by atoms with Crippen LogP contribution in [0.3, 0.4) is 0 Å². The first-order valence-corrected chi connectivity index (χ1v) is 20.5. The number of hydrogen-bond donors (Lipinski definition) is 0. The fourth-order valence-electron chi connectivity index (χ4n) is 9.72. The second kappa shape index (κ2) is 12.7. The first-order chi connectivity index (χ1) is 29.7. The molecule has 0 saturated carbocycles. The number of aromatic nitrogens is 4. The highest BCUT2D eigenvalue weighted by atomic mass is 15.1. The van der Waals surface area contributed by atoms with E-state index in [1.54, 1.807) is 0 Å². The van der Waals surface area contributed by atoms with E-state index in [2.05, 4.69) is 203 Å². The van der Waals surface area contributed by atoms with Gasteiger partial charge in [0.05, 0.1) is 33.1 Å². The molecule has 0 fully saturated rings. The van der Waals surface area contributed by atoms with Crippen LogP contribution in [0.1, 0.15) is 0 Å². The van der Waals surface area contributed by atoms with Crippen LogP contribution in [0.5, 0.6) is 0 Å². The van der Waals surface area contributed by atoms with Gasteiger partial charge in [0.25, 0.3) is 0 Å². The minimum atomic E-state index is 0.802. The van der Waals surface area contributed by atoms with Crippen molar-refractivity contribution in [1.82, 2.24) is 19.1 Å². The zero-order valence-electron chi connectivity index (χ0n) is 32.4. The molecule has 0 aliphatic rings. The predicted octanol–water partition coefficient (Wildman–Crippen LogP) is 14.6. The molecule has 0 unspecified atom stereocenters. The third-order valence-electron chi connectivity index (χ3n) is 12.4. The number of nitrogens with zero attached hydrogens (tertiary/aromatic N) is 4. The summed E-state index contributed by atoms with van der Waals surface area (Å²) in [6, 6.07) is 74.4. The Bertz CT molecular complexity index is 3910. The molecule has 4 nitrogen and oxygen atoms in total. The van der Waals surface area contributed by atoms with E-state index in [-0.39, 0.29) is 0 Å². The summed E-state index contributed by atoms with van der Waals surface area (Å²) in [5.41, 5.74) is 11.5. The Morgan fingerprint density at radius 2 is 0.850 bits per heavy atom. The van der Waals surface area contributed by atoms with Crippen LogP contribution >= 0.6 is 0 Å². The Labute approximate surface area is 344 Å². The summed E-state index contributed by atoms with van der Waals surface area (Å²) in [6.07, 6.45) is 0. The number of rotatable bonds is 4. The van der Waals surface area contributed by atoms with Gasteiger partial charge in [-0.2, -0.15) is 0 Å². The summed E-state index contributed by atoms with van der Waals surface area (Å²) >= 11 is 0. The van der Waals surface area contributed by atoms with Gasteiger partial charge in [-0.05, 0) is 104 Å². The SMILES string of the molecule is c1cc(-c2ccc3ccccc3c2)cc(-c2nc3ccccc3nc2-n2c3ccc(-n4c5ccccc5c5c6ccccc6ccc54)cc3c3c4ccccc4ccc32)c1. The highest BCUT2D eigenvalue weighted by Crippen LogP contribution is 2.42. The fraction of sp³-hybridized carbons (Fsp3) is 0. The van der Waals surface area contributed by atoms with Gasteiger partial charge in [0, 0.05) is 32.8 Å². The van der Waals surface area contributed by atoms with E-state index in [0.29, 0.717) is 0 Å². The topological polar surface area (TPSA) is 35.6 Å². The average Bonchev–Trinajstić information content (AvgIpc) is 3.84. The van der Waals surface area contributed by atoms with Crippen molar-refractivity contribution in [2.45, 2.75) is 0 Å². The minimum absolute atomic E-state index is 0.802. The Hall–Kier alpha value is -8.08. The molecule has 278 valence electrons. The molecule has 10 aromatic carbocycles. The summed E-state index contributed by atoms with van der Waals surface area (Å²) in [6.45, 7) is 0. The molecule has 4 heteroatoms. The van der Waals surface area contributed by atoms with Gasteiger partial charge < -0.3 is 4.57 Å². The molecule has 0 N–H and O–H groups in total. The lowest BCUT2D eigenvalue weighted by Gasteiger charge is -2.15. The number of fused-ring (bicyclic) bond motifs is 12. The number of para-hydroxylation sites is 3. The van der Waals surface area contributed by atoms with Crippen LogP contribution in [-0.2, 0) is 0 Å². The van der Waals surface area contributed by atoms with Gasteiger partial charge in [-0.1, -0.05) is 146 Å². The second-order valence-corrected chi connectivity index (χ2v) is 15.8. The molecule has 0 aliphatic heterocycles. The maximum Gasteiger partial charge on any atom is 0.165 e. The molecule has 0 atom stereocenters. The normalized spacial score (nSPS) is 12.0. The molecule has 0 spiro atoms. The van der Waals surface area contributed by atoms with E-state index in [1.807, 2.05) is 12.1 Å². The van der Waals surface area contributed by atoms with Crippen molar-refractivity contribution in [2.75, 3.05) is 0 Å². The Morgan fingerprint density at radius 1 is 0.300 bits per heavy atom. The van der Waals surface area contributed by atoms with Crippen molar-refractivity contribution in [3.05, 3.63) is 206 Å². The van der Waals surface area contributed by atoms with Crippen molar-refractivity contribution in [3.63, 3.8) is 0 Å². The van der Waals surface area contributed by atoms with E-state index in [4.69, 9.17) is 9.97 Å². The van der Waals surface area contributed by atoms with Crippen molar-refractivity contribution in [2.24, 2.45) is 0 Å². The monoisotopic (exact) mass is 762 g/mol. The standard InChI is InChI=1S/C56H34N4/c1-2-15-38-32-40(25-24-35(38)12-1)39-16-11-17-41(33-39)55-56(58-48-22-9-8-21-47(48)57-55)60-50-31-28-42(34-46(50)54-44-19-6-4-14-37(44)27-30-52(54)60)59-49-23-10-7-20-45(49)53-43-18-5-3-13-36(43)26-29-51(53)59/h1-34H. The largest absolute Gasteiger partial charge is 0.309 e. The molecule has 3 aromatic heterocycles. The summed E-state index contributed by atoms with van der Waals surface area (Å²) in [4.78, 5) is 10.9. The van der Waals surface area contributed by atoms with Gasteiger partial charge in [0.15, 0.2) is 5.82 Å². The van der Waals surface area contributed by atoms with E-state index in [9.17, 15) is 0 Å². The zero-order valence-corrected chi connectivity index (χ0v) is 32.4. The average molecular weight is 763 g/mol. The quantitative estimate of drug-likeness (QED) is 0.179. The third-order valence-corrected chi connectivity index (χ3v) is 12.4. The van der Waals surface area contributed by atoms with E-state index < -0.39 is 0 Å². The van der Waals surface area contributed by atoms with Crippen molar-refractivity contribution >= 4 is 87.0 Å². The lowest BCUT2D eigenvalue weighted by molar-refractivity contribution is 1.08. The number of benzene rings is 10. The van der Waals surface area contributed by atoms with Crippen LogP contribution in [0.15, 0.2) is 206 Å². The fourth-order valence-corrected chi connectivity index (χ4v) is 9.72. The zero-order chi connectivity index (χ0) is 39.3. The first-order valence-electron chi connectivity index (χ1n) is 20.5. The molecule has 0 aliphatic carbocycles. The molecule has 0 radical (unpaired) electrons. The lowest BCUT2D eigenvalue weighted by Crippen LogP contribution is -2.04. The number of hydrogen-bond acceptors (Lipinski definition) is 2. The lowest BCUT2D eigenvalue weighted by atomic mass is 9.98. The highest BCUT2D eigenvalue weighted by Gasteiger charge is 2.22. The smallest absolute Gasteiger partial charge is 0.165 e. The molecule has 0 amide bonds. The summed E-state index contributed by atoms with van der Waals surface area (Å²) in [5.74, 6) is 0.802. The van der Waals surface area contributed by atoms with Crippen LogP contribution in [0, 0.1) is 0 Å². The maximum atomic E-state index is 5.50. The maximum absolute atomic E-state index is 5.50. The summed E-state index contributed by atoms with van der Waals surface area (Å²) in [5, 5.41) is 12.3. The molecule has 13 rings (SSSR count). The van der Waals surface area contributed by atoms with Gasteiger partial charge in [0.2, 0.25) is 0 Å². The molecular weight excluding hydrogens is 729 g/mol. The van der Waals surface area contributed by atoms with Gasteiger partial charge in [0.1, 0.15) is 5.69 Å².